The van der Waals surface area contributed by atoms with Gasteiger partial charge in [0.05, 0.1) is 12.2 Å². The molecule has 1 heterocycles. The van der Waals surface area contributed by atoms with E-state index in [1.807, 2.05) is 88.4 Å². The summed E-state index contributed by atoms with van der Waals surface area (Å²) in [4.78, 5) is 15.8. The molecule has 3 rings (SSSR count). The van der Waals surface area contributed by atoms with Gasteiger partial charge in [0, 0.05) is 41.4 Å². The van der Waals surface area contributed by atoms with Crippen LogP contribution in [-0.2, 0) is 4.79 Å². The minimum Gasteiger partial charge on any atom is -0.490 e. The van der Waals surface area contributed by atoms with Gasteiger partial charge in [0.25, 0.3) is 0 Å². The Morgan fingerprint density at radius 2 is 1.12 bits per heavy atom. The van der Waals surface area contributed by atoms with Gasteiger partial charge in [-0.1, -0.05) is 36.4 Å². The number of ketones is 1. The van der Waals surface area contributed by atoms with E-state index < -0.39 is 0 Å². The summed E-state index contributed by atoms with van der Waals surface area (Å²) in [6, 6.07) is 16.1. The number of para-hydroxylation sites is 2. The van der Waals surface area contributed by atoms with Crippen LogP contribution in [0.5, 0.6) is 11.5 Å². The molecule has 4 heteroatoms. The smallest absolute Gasteiger partial charge is 0.187 e. The van der Waals surface area contributed by atoms with Gasteiger partial charge in [-0.2, -0.15) is 0 Å². The number of Topliss-reactive ketones (excluding diaryl/α,β-unsaturated/α-hetero) is 1. The van der Waals surface area contributed by atoms with E-state index in [4.69, 9.17) is 9.47 Å². The number of carbonyl (C=O) groups is 1. The lowest BCUT2D eigenvalue weighted by Crippen LogP contribution is -2.41. The second-order valence-electron chi connectivity index (χ2n) is 9.08. The highest BCUT2D eigenvalue weighted by Crippen LogP contribution is 2.29. The lowest BCUT2D eigenvalue weighted by Gasteiger charge is -2.33. The minimum absolute atomic E-state index is 0.0664. The van der Waals surface area contributed by atoms with Crippen molar-refractivity contribution in [1.29, 1.82) is 0 Å². The monoisotopic (exact) mass is 433 g/mol. The number of benzene rings is 2. The first-order valence-corrected chi connectivity index (χ1v) is 11.5. The Labute approximate surface area is 192 Å². The molecule has 1 aliphatic heterocycles. The van der Waals surface area contributed by atoms with E-state index in [9.17, 15) is 4.79 Å². The Morgan fingerprint density at radius 1 is 0.719 bits per heavy atom. The maximum atomic E-state index is 13.5. The highest BCUT2D eigenvalue weighted by molar-refractivity contribution is 6.14. The van der Waals surface area contributed by atoms with Crippen molar-refractivity contribution in [2.75, 3.05) is 13.1 Å². The molecule has 4 nitrogen and oxygen atoms in total. The standard InChI is InChI=1S/C28H35NO3/c1-19(2)29-17-24(15-22-11-7-9-13-26(22)31-20(3)4)28(30)25(18-29)16-23-12-8-10-14-27(23)32-21(5)6/h7-16,19-21H,17-18H2,1-6H3/b24-15-,25-16-. The Kier molecular flexibility index (Phi) is 7.92. The molecular formula is C28H35NO3. The maximum Gasteiger partial charge on any atom is 0.187 e. The minimum atomic E-state index is 0.0664. The predicted octanol–water partition coefficient (Wildman–Crippen LogP) is 6.02. The molecule has 0 atom stereocenters. The van der Waals surface area contributed by atoms with Crippen LogP contribution in [0.3, 0.4) is 0 Å². The Morgan fingerprint density at radius 3 is 1.50 bits per heavy atom. The number of piperidine rings is 1. The summed E-state index contributed by atoms with van der Waals surface area (Å²) in [5.41, 5.74) is 3.41. The largest absolute Gasteiger partial charge is 0.490 e. The molecule has 2 aromatic rings. The van der Waals surface area contributed by atoms with Gasteiger partial charge in [0.15, 0.2) is 5.78 Å². The van der Waals surface area contributed by atoms with E-state index in [2.05, 4.69) is 18.7 Å². The van der Waals surface area contributed by atoms with Crippen molar-refractivity contribution in [2.24, 2.45) is 0 Å². The van der Waals surface area contributed by atoms with E-state index in [0.29, 0.717) is 19.1 Å². The number of nitrogens with zero attached hydrogens (tertiary/aromatic N) is 1. The first kappa shape index (κ1) is 23.8. The lowest BCUT2D eigenvalue weighted by molar-refractivity contribution is -0.113. The van der Waals surface area contributed by atoms with Crippen LogP contribution in [0.25, 0.3) is 12.2 Å². The van der Waals surface area contributed by atoms with Crippen LogP contribution >= 0.6 is 0 Å². The van der Waals surface area contributed by atoms with Crippen molar-refractivity contribution < 1.29 is 14.3 Å². The Bertz CT molecular complexity index is 926. The van der Waals surface area contributed by atoms with E-state index in [1.165, 1.54) is 0 Å². The Balaban J connectivity index is 2.02. The molecule has 2 aromatic carbocycles. The first-order chi connectivity index (χ1) is 15.2. The van der Waals surface area contributed by atoms with E-state index in [0.717, 1.165) is 33.8 Å². The van der Waals surface area contributed by atoms with Gasteiger partial charge >= 0.3 is 0 Å². The molecule has 0 N–H and O–H groups in total. The average Bonchev–Trinajstić information content (AvgIpc) is 2.72. The topological polar surface area (TPSA) is 38.8 Å². The van der Waals surface area contributed by atoms with Crippen LogP contribution in [0.15, 0.2) is 59.7 Å². The molecular weight excluding hydrogens is 398 g/mol. The van der Waals surface area contributed by atoms with Crippen LogP contribution in [0.1, 0.15) is 52.7 Å². The number of likely N-dealkylation sites (tertiary alicyclic amines) is 1. The van der Waals surface area contributed by atoms with Crippen molar-refractivity contribution >= 4 is 17.9 Å². The van der Waals surface area contributed by atoms with Crippen LogP contribution < -0.4 is 9.47 Å². The molecule has 0 aromatic heterocycles. The van der Waals surface area contributed by atoms with Gasteiger partial charge in [0.2, 0.25) is 0 Å². The molecule has 1 saturated heterocycles. The lowest BCUT2D eigenvalue weighted by atomic mass is 9.93. The first-order valence-electron chi connectivity index (χ1n) is 11.5. The van der Waals surface area contributed by atoms with Crippen LogP contribution in [0, 0.1) is 0 Å². The fourth-order valence-corrected chi connectivity index (χ4v) is 3.73. The zero-order chi connectivity index (χ0) is 23.3. The third-order valence-corrected chi connectivity index (χ3v) is 5.28. The molecule has 0 amide bonds. The third-order valence-electron chi connectivity index (χ3n) is 5.28. The predicted molar refractivity (Wildman–Crippen MR) is 132 cm³/mol. The van der Waals surface area contributed by atoms with Crippen LogP contribution in [0.2, 0.25) is 0 Å². The summed E-state index contributed by atoms with van der Waals surface area (Å²) < 4.78 is 11.9. The number of carbonyl (C=O) groups excluding carboxylic acids is 1. The van der Waals surface area contributed by atoms with Crippen molar-refractivity contribution in [3.05, 3.63) is 70.8 Å². The maximum absolute atomic E-state index is 13.5. The molecule has 1 aliphatic rings. The summed E-state index contributed by atoms with van der Waals surface area (Å²) in [6.07, 6.45) is 4.10. The molecule has 0 bridgehead atoms. The van der Waals surface area contributed by atoms with Crippen LogP contribution in [0.4, 0.5) is 0 Å². The van der Waals surface area contributed by atoms with Gasteiger partial charge in [-0.05, 0) is 65.8 Å². The average molecular weight is 434 g/mol. The van der Waals surface area contributed by atoms with Crippen LogP contribution in [-0.4, -0.2) is 42.0 Å². The van der Waals surface area contributed by atoms with Gasteiger partial charge in [-0.3, -0.25) is 9.69 Å². The number of rotatable bonds is 7. The van der Waals surface area contributed by atoms with E-state index in [1.54, 1.807) is 0 Å². The van der Waals surface area contributed by atoms with E-state index >= 15 is 0 Å². The molecule has 0 unspecified atom stereocenters. The highest BCUT2D eigenvalue weighted by Gasteiger charge is 2.28. The zero-order valence-electron chi connectivity index (χ0n) is 20.1. The van der Waals surface area contributed by atoms with Crippen molar-refractivity contribution in [1.82, 2.24) is 4.90 Å². The normalized spacial score (nSPS) is 17.7. The van der Waals surface area contributed by atoms with Gasteiger partial charge in [0.1, 0.15) is 11.5 Å². The summed E-state index contributed by atoms with van der Waals surface area (Å²) in [6.45, 7) is 13.6. The SMILES string of the molecule is CC(C)Oc1ccccc1/C=C1/CN(C(C)C)C/C(=C/c2ccccc2OC(C)C)C1=O. The number of hydrogen-bond donors (Lipinski definition) is 0. The Hall–Kier alpha value is -2.85. The second-order valence-corrected chi connectivity index (χ2v) is 9.08. The molecule has 1 fully saturated rings. The number of ether oxygens (including phenoxy) is 2. The quantitative estimate of drug-likeness (QED) is 0.501. The second kappa shape index (κ2) is 10.6. The molecule has 0 radical (unpaired) electrons. The third kappa shape index (κ3) is 6.10. The molecule has 0 saturated carbocycles. The van der Waals surface area contributed by atoms with Gasteiger partial charge in [-0.25, -0.2) is 0 Å². The molecule has 0 spiro atoms. The number of hydrogen-bond acceptors (Lipinski definition) is 4. The van der Waals surface area contributed by atoms with Gasteiger partial charge in [-0.15, -0.1) is 0 Å². The summed E-state index contributed by atoms with van der Waals surface area (Å²) in [5, 5.41) is 0. The summed E-state index contributed by atoms with van der Waals surface area (Å²) >= 11 is 0. The van der Waals surface area contributed by atoms with Crippen molar-refractivity contribution in [2.45, 2.75) is 59.8 Å². The van der Waals surface area contributed by atoms with Gasteiger partial charge < -0.3 is 9.47 Å². The van der Waals surface area contributed by atoms with Crippen molar-refractivity contribution in [3.63, 3.8) is 0 Å². The molecule has 32 heavy (non-hydrogen) atoms. The summed E-state index contributed by atoms with van der Waals surface area (Å²) in [5.74, 6) is 1.68. The van der Waals surface area contributed by atoms with E-state index in [-0.39, 0.29) is 18.0 Å². The van der Waals surface area contributed by atoms with Crippen molar-refractivity contribution in [3.8, 4) is 11.5 Å². The fourth-order valence-electron chi connectivity index (χ4n) is 3.73. The highest BCUT2D eigenvalue weighted by atomic mass is 16.5. The molecule has 0 aliphatic carbocycles. The zero-order valence-corrected chi connectivity index (χ0v) is 20.1. The molecule has 170 valence electrons. The summed E-state index contributed by atoms with van der Waals surface area (Å²) in [7, 11) is 0. The fraction of sp³-hybridized carbons (Fsp3) is 0.393.